The summed E-state index contributed by atoms with van der Waals surface area (Å²) in [5.41, 5.74) is 1.69. The van der Waals surface area contributed by atoms with Crippen LogP contribution in [-0.2, 0) is 9.59 Å². The van der Waals surface area contributed by atoms with Gasteiger partial charge in [-0.25, -0.2) is 0 Å². The first-order valence-corrected chi connectivity index (χ1v) is 6.93. The maximum absolute atomic E-state index is 12.3. The Labute approximate surface area is 124 Å². The van der Waals surface area contributed by atoms with Crippen molar-refractivity contribution < 1.29 is 14.7 Å². The van der Waals surface area contributed by atoms with Gasteiger partial charge in [0.05, 0.1) is 5.92 Å². The molecular formula is C16H19N2O3-. The first-order valence-electron chi connectivity index (χ1n) is 6.93. The number of carboxylic acid groups (broad SMARTS) is 1. The fourth-order valence-corrected chi connectivity index (χ4v) is 2.44. The molecule has 0 aromatic heterocycles. The molecule has 0 saturated heterocycles. The van der Waals surface area contributed by atoms with Crippen LogP contribution in [0.3, 0.4) is 0 Å². The van der Waals surface area contributed by atoms with E-state index in [1.807, 2.05) is 37.2 Å². The average Bonchev–Trinajstić information content (AvgIpc) is 2.47. The number of carbonyl (C=O) groups is 2. The highest BCUT2D eigenvalue weighted by molar-refractivity contribution is 5.95. The maximum Gasteiger partial charge on any atom is 0.228 e. The van der Waals surface area contributed by atoms with Crippen LogP contribution >= 0.6 is 0 Å². The van der Waals surface area contributed by atoms with Crippen LogP contribution in [0, 0.1) is 11.8 Å². The van der Waals surface area contributed by atoms with E-state index in [9.17, 15) is 14.7 Å². The minimum absolute atomic E-state index is 0.272. The number of nitrogens with one attached hydrogen (secondary N) is 1. The molecule has 1 aliphatic carbocycles. The normalized spacial score (nSPS) is 20.9. The zero-order valence-corrected chi connectivity index (χ0v) is 12.2. The van der Waals surface area contributed by atoms with Gasteiger partial charge in [0.25, 0.3) is 0 Å². The van der Waals surface area contributed by atoms with Crippen molar-refractivity contribution in [2.45, 2.75) is 12.8 Å². The minimum Gasteiger partial charge on any atom is -0.550 e. The van der Waals surface area contributed by atoms with Crippen molar-refractivity contribution in [1.29, 1.82) is 0 Å². The second-order valence-corrected chi connectivity index (χ2v) is 5.41. The Balaban J connectivity index is 2.06. The number of hydrogen-bond donors (Lipinski definition) is 1. The summed E-state index contributed by atoms with van der Waals surface area (Å²) in [7, 11) is 3.87. The Morgan fingerprint density at radius 3 is 2.19 bits per heavy atom. The SMILES string of the molecule is CN(C)c1ccc(NC(=O)[C@@H]2CC=CC[C@@H]2C(=O)[O-])cc1. The highest BCUT2D eigenvalue weighted by Gasteiger charge is 2.29. The van der Waals surface area contributed by atoms with E-state index in [0.29, 0.717) is 18.5 Å². The Kier molecular flexibility index (Phi) is 4.62. The van der Waals surface area contributed by atoms with Crippen molar-refractivity contribution in [3.05, 3.63) is 36.4 Å². The van der Waals surface area contributed by atoms with E-state index in [1.54, 1.807) is 18.2 Å². The topological polar surface area (TPSA) is 72.5 Å². The van der Waals surface area contributed by atoms with Crippen molar-refractivity contribution in [2.75, 3.05) is 24.3 Å². The summed E-state index contributed by atoms with van der Waals surface area (Å²) >= 11 is 0. The van der Waals surface area contributed by atoms with Gasteiger partial charge in [-0.2, -0.15) is 0 Å². The summed E-state index contributed by atoms with van der Waals surface area (Å²) in [5.74, 6) is -2.77. The van der Waals surface area contributed by atoms with Gasteiger partial charge in [-0.05, 0) is 37.1 Å². The molecule has 0 radical (unpaired) electrons. The summed E-state index contributed by atoms with van der Waals surface area (Å²) in [4.78, 5) is 25.3. The van der Waals surface area contributed by atoms with Gasteiger partial charge in [0.2, 0.25) is 5.91 Å². The van der Waals surface area contributed by atoms with Crippen molar-refractivity contribution in [3.8, 4) is 0 Å². The number of anilines is 2. The van der Waals surface area contributed by atoms with Gasteiger partial charge in [0.15, 0.2) is 0 Å². The molecule has 5 nitrogen and oxygen atoms in total. The summed E-state index contributed by atoms with van der Waals surface area (Å²) in [5, 5.41) is 13.9. The Morgan fingerprint density at radius 1 is 1.10 bits per heavy atom. The van der Waals surface area contributed by atoms with Gasteiger partial charge in [-0.3, -0.25) is 4.79 Å². The number of rotatable bonds is 4. The van der Waals surface area contributed by atoms with Crippen molar-refractivity contribution in [3.63, 3.8) is 0 Å². The zero-order valence-electron chi connectivity index (χ0n) is 12.2. The number of benzene rings is 1. The molecule has 0 heterocycles. The summed E-state index contributed by atoms with van der Waals surface area (Å²) in [6.45, 7) is 0. The molecule has 0 bridgehead atoms. The van der Waals surface area contributed by atoms with Crippen LogP contribution in [0.4, 0.5) is 11.4 Å². The maximum atomic E-state index is 12.3. The molecule has 1 aromatic carbocycles. The average molecular weight is 287 g/mol. The molecule has 0 aliphatic heterocycles. The molecule has 5 heteroatoms. The highest BCUT2D eigenvalue weighted by Crippen LogP contribution is 2.27. The number of aliphatic carboxylic acids is 1. The van der Waals surface area contributed by atoms with E-state index in [-0.39, 0.29) is 5.91 Å². The lowest BCUT2D eigenvalue weighted by molar-refractivity contribution is -0.313. The summed E-state index contributed by atoms with van der Waals surface area (Å²) < 4.78 is 0. The largest absolute Gasteiger partial charge is 0.550 e. The molecule has 112 valence electrons. The molecule has 1 aromatic rings. The van der Waals surface area contributed by atoms with Crippen molar-refractivity contribution in [2.24, 2.45) is 11.8 Å². The number of nitrogens with zero attached hydrogens (tertiary/aromatic N) is 1. The molecule has 1 aliphatic rings. The van der Waals surface area contributed by atoms with Crippen molar-refractivity contribution >= 4 is 23.3 Å². The first-order chi connectivity index (χ1) is 9.99. The molecule has 2 atom stereocenters. The summed E-state index contributed by atoms with van der Waals surface area (Å²) in [6, 6.07) is 7.40. The van der Waals surface area contributed by atoms with Crippen LogP contribution in [-0.4, -0.2) is 26.0 Å². The molecule has 0 spiro atoms. The molecular weight excluding hydrogens is 268 g/mol. The Hall–Kier alpha value is -2.30. The van der Waals surface area contributed by atoms with Crippen LogP contribution in [0.5, 0.6) is 0 Å². The Bertz CT molecular complexity index is 549. The smallest absolute Gasteiger partial charge is 0.228 e. The number of carbonyl (C=O) groups excluding carboxylic acids is 2. The fourth-order valence-electron chi connectivity index (χ4n) is 2.44. The lowest BCUT2D eigenvalue weighted by Crippen LogP contribution is -2.41. The number of carboxylic acids is 1. The van der Waals surface area contributed by atoms with E-state index >= 15 is 0 Å². The van der Waals surface area contributed by atoms with Gasteiger partial charge in [-0.1, -0.05) is 12.2 Å². The van der Waals surface area contributed by atoms with Gasteiger partial charge in [-0.15, -0.1) is 0 Å². The molecule has 0 fully saturated rings. The number of amides is 1. The van der Waals surface area contributed by atoms with Crippen LogP contribution in [0.15, 0.2) is 36.4 Å². The third-order valence-electron chi connectivity index (χ3n) is 3.72. The third kappa shape index (κ3) is 3.62. The molecule has 2 rings (SSSR count). The Morgan fingerprint density at radius 2 is 1.67 bits per heavy atom. The fraction of sp³-hybridized carbons (Fsp3) is 0.375. The van der Waals surface area contributed by atoms with Gasteiger partial charge >= 0.3 is 0 Å². The van der Waals surface area contributed by atoms with E-state index in [1.165, 1.54) is 0 Å². The second-order valence-electron chi connectivity index (χ2n) is 5.41. The van der Waals surface area contributed by atoms with E-state index in [0.717, 1.165) is 5.69 Å². The quantitative estimate of drug-likeness (QED) is 0.839. The molecule has 21 heavy (non-hydrogen) atoms. The van der Waals surface area contributed by atoms with Gasteiger partial charge in [0, 0.05) is 37.4 Å². The standard InChI is InChI=1S/C16H20N2O3/c1-18(2)12-9-7-11(8-10-12)17-15(19)13-5-3-4-6-14(13)16(20)21/h3-4,7-10,13-14H,5-6H2,1-2H3,(H,17,19)(H,20,21)/p-1/t13-,14+/m1/s1. The first kappa shape index (κ1) is 15.1. The lowest BCUT2D eigenvalue weighted by atomic mass is 9.82. The van der Waals surface area contributed by atoms with Gasteiger partial charge in [0.1, 0.15) is 0 Å². The minimum atomic E-state index is -1.16. The monoisotopic (exact) mass is 287 g/mol. The van der Waals surface area contributed by atoms with Crippen LogP contribution < -0.4 is 15.3 Å². The molecule has 0 unspecified atom stereocenters. The van der Waals surface area contributed by atoms with Crippen LogP contribution in [0.2, 0.25) is 0 Å². The summed E-state index contributed by atoms with van der Waals surface area (Å²) in [6.07, 6.45) is 4.41. The predicted molar refractivity (Wildman–Crippen MR) is 79.8 cm³/mol. The highest BCUT2D eigenvalue weighted by atomic mass is 16.4. The van der Waals surface area contributed by atoms with Crippen LogP contribution in [0.25, 0.3) is 0 Å². The lowest BCUT2D eigenvalue weighted by Gasteiger charge is -2.28. The number of allylic oxidation sites excluding steroid dienone is 2. The molecule has 1 amide bonds. The van der Waals surface area contributed by atoms with E-state index in [4.69, 9.17) is 0 Å². The van der Waals surface area contributed by atoms with Gasteiger partial charge < -0.3 is 20.1 Å². The van der Waals surface area contributed by atoms with E-state index in [2.05, 4.69) is 5.32 Å². The van der Waals surface area contributed by atoms with E-state index < -0.39 is 17.8 Å². The third-order valence-corrected chi connectivity index (χ3v) is 3.72. The zero-order chi connectivity index (χ0) is 15.4. The molecule has 0 saturated carbocycles. The second kappa shape index (κ2) is 6.43. The predicted octanol–water partition coefficient (Wildman–Crippen LogP) is 1.02. The van der Waals surface area contributed by atoms with Crippen LogP contribution in [0.1, 0.15) is 12.8 Å². The number of hydrogen-bond acceptors (Lipinski definition) is 4. The molecule has 1 N–H and O–H groups in total. The van der Waals surface area contributed by atoms with Crippen molar-refractivity contribution in [1.82, 2.24) is 0 Å².